The predicted molar refractivity (Wildman–Crippen MR) is 113 cm³/mol. The van der Waals surface area contributed by atoms with Gasteiger partial charge in [-0.3, -0.25) is 9.36 Å². The van der Waals surface area contributed by atoms with E-state index < -0.39 is 11.4 Å². The van der Waals surface area contributed by atoms with Crippen LogP contribution in [0.5, 0.6) is 0 Å². The Bertz CT molecular complexity index is 1160. The number of benzene rings is 1. The summed E-state index contributed by atoms with van der Waals surface area (Å²) in [5, 5.41) is 12.2. The Labute approximate surface area is 167 Å². The van der Waals surface area contributed by atoms with Crippen molar-refractivity contribution in [2.75, 3.05) is 0 Å². The van der Waals surface area contributed by atoms with Crippen LogP contribution >= 0.6 is 0 Å². The lowest BCUT2D eigenvalue weighted by molar-refractivity contribution is 0.636. The summed E-state index contributed by atoms with van der Waals surface area (Å²) >= 11 is 0. The number of nitrogens with two attached hydrogens (primary N) is 1. The third kappa shape index (κ3) is 4.30. The zero-order valence-electron chi connectivity index (χ0n) is 16.2. The Morgan fingerprint density at radius 2 is 2.21 bits per heavy atom. The molecule has 0 saturated carbocycles. The molecule has 1 aromatic heterocycles. The molecule has 2 aromatic rings. The van der Waals surface area contributed by atoms with Gasteiger partial charge in [0.25, 0.3) is 5.56 Å². The highest BCUT2D eigenvalue weighted by molar-refractivity contribution is 6.02. The third-order valence-electron chi connectivity index (χ3n) is 4.06. The van der Waals surface area contributed by atoms with Crippen molar-refractivity contribution >= 4 is 22.4 Å². The molecule has 29 heavy (non-hydrogen) atoms. The maximum Gasteiger partial charge on any atom is 0.269 e. The highest BCUT2D eigenvalue weighted by Crippen LogP contribution is 2.16. The average Bonchev–Trinajstić information content (AvgIpc) is 2.68. The highest BCUT2D eigenvalue weighted by Gasteiger charge is 2.17. The fraction of sp³-hybridized carbons (Fsp3) is 0.143. The summed E-state index contributed by atoms with van der Waals surface area (Å²) in [4.78, 5) is 21.5. The molecule has 1 aromatic carbocycles. The molecule has 7 nitrogen and oxygen atoms in total. The summed E-state index contributed by atoms with van der Waals surface area (Å²) in [6.07, 6.45) is 4.40. The maximum absolute atomic E-state index is 14.3. The average molecular weight is 392 g/mol. The highest BCUT2D eigenvalue weighted by atomic mass is 19.1. The number of aromatic nitrogens is 2. The minimum atomic E-state index is -0.657. The summed E-state index contributed by atoms with van der Waals surface area (Å²) in [5.41, 5.74) is 6.26. The van der Waals surface area contributed by atoms with Crippen LogP contribution in [0.3, 0.4) is 0 Å². The smallest absolute Gasteiger partial charge is 0.269 e. The van der Waals surface area contributed by atoms with E-state index in [0.717, 1.165) is 0 Å². The van der Waals surface area contributed by atoms with E-state index in [1.807, 2.05) is 6.07 Å². The first-order valence-corrected chi connectivity index (χ1v) is 8.68. The molecule has 0 saturated heterocycles. The van der Waals surface area contributed by atoms with E-state index in [2.05, 4.69) is 28.5 Å². The molecule has 0 fully saturated rings. The van der Waals surface area contributed by atoms with Gasteiger partial charge in [0.2, 0.25) is 0 Å². The summed E-state index contributed by atoms with van der Waals surface area (Å²) in [7, 11) is 0. The third-order valence-corrected chi connectivity index (χ3v) is 4.06. The Kier molecular flexibility index (Phi) is 6.82. The van der Waals surface area contributed by atoms with E-state index in [9.17, 15) is 14.4 Å². The number of amidine groups is 1. The van der Waals surface area contributed by atoms with E-state index in [1.54, 1.807) is 26.0 Å². The van der Waals surface area contributed by atoms with E-state index in [1.165, 1.54) is 29.0 Å². The molecule has 0 atom stereocenters. The normalized spacial score (nSPS) is 12.9. The summed E-state index contributed by atoms with van der Waals surface area (Å²) in [6.45, 7) is 10.6. The number of aliphatic imine (C=N–C) groups is 1. The van der Waals surface area contributed by atoms with Gasteiger partial charge in [-0.15, -0.1) is 0 Å². The molecular formula is C21H21FN6O. The Morgan fingerprint density at radius 3 is 2.76 bits per heavy atom. The molecule has 0 aliphatic rings. The van der Waals surface area contributed by atoms with Gasteiger partial charge in [0, 0.05) is 17.6 Å². The number of hydrogen-bond donors (Lipinski definition) is 2. The first-order valence-electron chi connectivity index (χ1n) is 8.68. The molecule has 0 spiro atoms. The fourth-order valence-electron chi connectivity index (χ4n) is 2.74. The van der Waals surface area contributed by atoms with Crippen LogP contribution in [0.2, 0.25) is 0 Å². The molecule has 2 rings (SSSR count). The summed E-state index contributed by atoms with van der Waals surface area (Å²) in [6, 6.07) is 6.22. The lowest BCUT2D eigenvalue weighted by atomic mass is 10.2. The van der Waals surface area contributed by atoms with Crippen molar-refractivity contribution in [3.05, 3.63) is 83.0 Å². The molecular weight excluding hydrogens is 371 g/mol. The number of halogens is 1. The first kappa shape index (κ1) is 21.3. The lowest BCUT2D eigenvalue weighted by Gasteiger charge is -2.16. The zero-order valence-corrected chi connectivity index (χ0v) is 16.2. The number of rotatable bonds is 6. The van der Waals surface area contributed by atoms with Gasteiger partial charge in [0.05, 0.1) is 12.1 Å². The quantitative estimate of drug-likeness (QED) is 0.340. The van der Waals surface area contributed by atoms with Gasteiger partial charge in [0.15, 0.2) is 0 Å². The van der Waals surface area contributed by atoms with E-state index >= 15 is 0 Å². The molecule has 8 heteroatoms. The van der Waals surface area contributed by atoms with Crippen molar-refractivity contribution in [3.8, 4) is 6.07 Å². The van der Waals surface area contributed by atoms with Crippen molar-refractivity contribution in [3.63, 3.8) is 0 Å². The number of hydrogen-bond acceptors (Lipinski definition) is 5. The first-order chi connectivity index (χ1) is 13.9. The van der Waals surface area contributed by atoms with Gasteiger partial charge in [-0.2, -0.15) is 5.26 Å². The van der Waals surface area contributed by atoms with Crippen molar-refractivity contribution < 1.29 is 4.39 Å². The second-order valence-electron chi connectivity index (χ2n) is 5.90. The van der Waals surface area contributed by atoms with Crippen LogP contribution in [0.25, 0.3) is 16.6 Å². The standard InChI is InChI=1S/C21H21FN6O/c1-5-14(6-2)28-18(12-26-20(25-7-3)15(11-23)13(4)24)27-17-10-8-9-16(22)19(17)21(28)29/h5-10H,1,3,12,24H2,2,4H3,(H,25,26)/b14-6+,15-13+. The van der Waals surface area contributed by atoms with Crippen LogP contribution in [0.4, 0.5) is 4.39 Å². The second kappa shape index (κ2) is 9.28. The maximum atomic E-state index is 14.3. The minimum absolute atomic E-state index is 0.0119. The zero-order chi connectivity index (χ0) is 21.6. The molecule has 0 aliphatic carbocycles. The second-order valence-corrected chi connectivity index (χ2v) is 5.90. The number of allylic oxidation sites excluding steroid dienone is 4. The monoisotopic (exact) mass is 392 g/mol. The van der Waals surface area contributed by atoms with Crippen LogP contribution < -0.4 is 16.6 Å². The van der Waals surface area contributed by atoms with Crippen LogP contribution in [0, 0.1) is 17.1 Å². The van der Waals surface area contributed by atoms with E-state index in [0.29, 0.717) is 5.70 Å². The van der Waals surface area contributed by atoms with Crippen LogP contribution in [0.15, 0.2) is 70.8 Å². The Balaban J connectivity index is 2.67. The van der Waals surface area contributed by atoms with Gasteiger partial charge in [-0.05, 0) is 32.1 Å². The van der Waals surface area contributed by atoms with Crippen LogP contribution in [0.1, 0.15) is 19.7 Å². The molecule has 1 heterocycles. The van der Waals surface area contributed by atoms with Gasteiger partial charge in [-0.1, -0.05) is 25.3 Å². The number of nitriles is 1. The largest absolute Gasteiger partial charge is 0.401 e. The summed E-state index contributed by atoms with van der Waals surface area (Å²) in [5.74, 6) is -0.191. The fourth-order valence-corrected chi connectivity index (χ4v) is 2.74. The van der Waals surface area contributed by atoms with E-state index in [-0.39, 0.29) is 40.4 Å². The molecule has 3 N–H and O–H groups in total. The predicted octanol–water partition coefficient (Wildman–Crippen LogP) is 2.97. The molecule has 0 unspecified atom stereocenters. The molecule has 0 bridgehead atoms. The van der Waals surface area contributed by atoms with Gasteiger partial charge < -0.3 is 11.1 Å². The van der Waals surface area contributed by atoms with Gasteiger partial charge in [0.1, 0.15) is 34.5 Å². The number of fused-ring (bicyclic) bond motifs is 1. The minimum Gasteiger partial charge on any atom is -0.401 e. The molecule has 0 amide bonds. The van der Waals surface area contributed by atoms with Gasteiger partial charge in [-0.25, -0.2) is 14.4 Å². The Hall–Kier alpha value is -3.99. The van der Waals surface area contributed by atoms with E-state index in [4.69, 9.17) is 5.73 Å². The van der Waals surface area contributed by atoms with Crippen LogP contribution in [-0.2, 0) is 6.54 Å². The van der Waals surface area contributed by atoms with Crippen molar-refractivity contribution in [1.29, 1.82) is 5.26 Å². The lowest BCUT2D eigenvalue weighted by Crippen LogP contribution is -2.32. The number of nitrogens with zero attached hydrogens (tertiary/aromatic N) is 4. The summed E-state index contributed by atoms with van der Waals surface area (Å²) < 4.78 is 15.6. The molecule has 0 radical (unpaired) electrons. The number of nitrogens with one attached hydrogen (secondary N) is 1. The van der Waals surface area contributed by atoms with Crippen molar-refractivity contribution in [2.24, 2.45) is 10.7 Å². The van der Waals surface area contributed by atoms with Crippen LogP contribution in [-0.4, -0.2) is 15.4 Å². The SMILES string of the molecule is C=C/N=C(NCc1nc2cccc(F)c2c(=O)n1/C(C=C)=C/C)\C(C#N)=C(/C)N. The molecule has 0 aliphatic heterocycles. The van der Waals surface area contributed by atoms with Crippen molar-refractivity contribution in [1.82, 2.24) is 14.9 Å². The van der Waals surface area contributed by atoms with Crippen molar-refractivity contribution in [2.45, 2.75) is 20.4 Å². The molecule has 148 valence electrons. The Morgan fingerprint density at radius 1 is 1.48 bits per heavy atom. The topological polar surface area (TPSA) is 109 Å². The van der Waals surface area contributed by atoms with Gasteiger partial charge >= 0.3 is 0 Å².